The molecule has 15 heavy (non-hydrogen) atoms. The van der Waals surface area contributed by atoms with Crippen LogP contribution < -0.4 is 0 Å². The fraction of sp³-hybridized carbons (Fsp3) is 0.917. The molecule has 0 saturated heterocycles. The maximum absolute atomic E-state index is 11.5. The maximum Gasteiger partial charge on any atom is 0.191 e. The zero-order valence-electron chi connectivity index (χ0n) is 9.83. The summed E-state index contributed by atoms with van der Waals surface area (Å²) >= 11 is 3.50. The Morgan fingerprint density at radius 3 is 2.80 bits per heavy atom. The van der Waals surface area contributed by atoms with Gasteiger partial charge in [-0.05, 0) is 37.7 Å². The SMILES string of the molecule is CCCCCS[C@H]1CC[C@@H](C(=O)SC)C1. The highest BCUT2D eigenvalue weighted by Crippen LogP contribution is 2.36. The number of hydrogen-bond acceptors (Lipinski definition) is 3. The molecular formula is C12H22OS2. The van der Waals surface area contributed by atoms with Gasteiger partial charge in [-0.15, -0.1) is 0 Å². The molecule has 0 N–H and O–H groups in total. The minimum Gasteiger partial charge on any atom is -0.287 e. The van der Waals surface area contributed by atoms with Gasteiger partial charge in [0.2, 0.25) is 0 Å². The highest BCUT2D eigenvalue weighted by atomic mass is 32.2. The average Bonchev–Trinajstić information content (AvgIpc) is 2.72. The average molecular weight is 246 g/mol. The summed E-state index contributed by atoms with van der Waals surface area (Å²) in [6.07, 6.45) is 9.43. The van der Waals surface area contributed by atoms with Crippen LogP contribution in [0.15, 0.2) is 0 Å². The Hall–Kier alpha value is 0.370. The molecule has 2 atom stereocenters. The number of carbonyl (C=O) groups excluding carboxylic acids is 1. The van der Waals surface area contributed by atoms with Crippen molar-refractivity contribution in [2.24, 2.45) is 5.92 Å². The van der Waals surface area contributed by atoms with Gasteiger partial charge in [-0.3, -0.25) is 4.79 Å². The van der Waals surface area contributed by atoms with Gasteiger partial charge in [0.15, 0.2) is 5.12 Å². The quantitative estimate of drug-likeness (QED) is 0.660. The van der Waals surface area contributed by atoms with Crippen molar-refractivity contribution in [1.82, 2.24) is 0 Å². The summed E-state index contributed by atoms with van der Waals surface area (Å²) in [5.74, 6) is 1.65. The zero-order chi connectivity index (χ0) is 11.1. The molecule has 1 saturated carbocycles. The predicted octanol–water partition coefficient (Wildman–Crippen LogP) is 3.97. The topological polar surface area (TPSA) is 17.1 Å². The van der Waals surface area contributed by atoms with Gasteiger partial charge in [-0.25, -0.2) is 0 Å². The van der Waals surface area contributed by atoms with Gasteiger partial charge in [0.05, 0.1) is 0 Å². The highest BCUT2D eigenvalue weighted by Gasteiger charge is 2.29. The molecule has 0 aromatic heterocycles. The minimum absolute atomic E-state index is 0.365. The summed E-state index contributed by atoms with van der Waals surface area (Å²) in [5.41, 5.74) is 0. The molecule has 0 radical (unpaired) electrons. The van der Waals surface area contributed by atoms with E-state index in [9.17, 15) is 4.79 Å². The first-order valence-corrected chi connectivity index (χ1v) is 8.24. The standard InChI is InChI=1S/C12H22OS2/c1-3-4-5-8-15-11-7-6-10(9-11)12(13)14-2/h10-11H,3-9H2,1-2H3/t10-,11+/m1/s1. The lowest BCUT2D eigenvalue weighted by Gasteiger charge is -2.09. The predicted molar refractivity (Wildman–Crippen MR) is 71.6 cm³/mol. The summed E-state index contributed by atoms with van der Waals surface area (Å²) in [6.45, 7) is 2.24. The van der Waals surface area contributed by atoms with Crippen molar-refractivity contribution in [1.29, 1.82) is 0 Å². The molecule has 0 amide bonds. The molecule has 0 spiro atoms. The van der Waals surface area contributed by atoms with E-state index in [1.807, 2.05) is 6.26 Å². The van der Waals surface area contributed by atoms with Gasteiger partial charge in [0.25, 0.3) is 0 Å². The van der Waals surface area contributed by atoms with Crippen molar-refractivity contribution >= 4 is 28.6 Å². The van der Waals surface area contributed by atoms with Gasteiger partial charge in [-0.2, -0.15) is 11.8 Å². The summed E-state index contributed by atoms with van der Waals surface area (Å²) in [6, 6.07) is 0. The number of unbranched alkanes of at least 4 members (excludes halogenated alkanes) is 2. The molecule has 1 aliphatic carbocycles. The summed E-state index contributed by atoms with van der Waals surface area (Å²) in [4.78, 5) is 11.5. The van der Waals surface area contributed by atoms with Gasteiger partial charge in [0.1, 0.15) is 0 Å². The molecule has 0 aromatic rings. The zero-order valence-corrected chi connectivity index (χ0v) is 11.5. The molecule has 0 heterocycles. The number of carbonyl (C=O) groups is 1. The van der Waals surface area contributed by atoms with Crippen molar-refractivity contribution in [2.75, 3.05) is 12.0 Å². The normalized spacial score (nSPS) is 25.7. The van der Waals surface area contributed by atoms with Gasteiger partial charge >= 0.3 is 0 Å². The van der Waals surface area contributed by atoms with E-state index in [2.05, 4.69) is 18.7 Å². The summed E-state index contributed by atoms with van der Waals surface area (Å²) in [5, 5.41) is 1.18. The van der Waals surface area contributed by atoms with E-state index >= 15 is 0 Å². The molecule has 1 rings (SSSR count). The van der Waals surface area contributed by atoms with Crippen LogP contribution in [0, 0.1) is 5.92 Å². The monoisotopic (exact) mass is 246 g/mol. The highest BCUT2D eigenvalue weighted by molar-refractivity contribution is 8.13. The van der Waals surface area contributed by atoms with E-state index in [1.54, 1.807) is 0 Å². The van der Waals surface area contributed by atoms with E-state index in [4.69, 9.17) is 0 Å². The van der Waals surface area contributed by atoms with Gasteiger partial charge in [0, 0.05) is 11.2 Å². The first kappa shape index (κ1) is 13.4. The molecule has 0 unspecified atom stereocenters. The Morgan fingerprint density at radius 1 is 1.33 bits per heavy atom. The molecular weight excluding hydrogens is 224 g/mol. The molecule has 0 aliphatic heterocycles. The van der Waals surface area contributed by atoms with Crippen LogP contribution in [0.25, 0.3) is 0 Å². The Bertz CT molecular complexity index is 194. The number of rotatable bonds is 6. The fourth-order valence-electron chi connectivity index (χ4n) is 2.07. The Labute approximate surface area is 102 Å². The van der Waals surface area contributed by atoms with E-state index in [1.165, 1.54) is 43.2 Å². The third-order valence-electron chi connectivity index (χ3n) is 3.02. The summed E-state index contributed by atoms with van der Waals surface area (Å²) in [7, 11) is 0. The number of hydrogen-bond donors (Lipinski definition) is 0. The molecule has 0 bridgehead atoms. The molecule has 1 fully saturated rings. The second-order valence-electron chi connectivity index (χ2n) is 4.23. The lowest BCUT2D eigenvalue weighted by atomic mass is 10.1. The summed E-state index contributed by atoms with van der Waals surface area (Å²) < 4.78 is 0. The Kier molecular flexibility index (Phi) is 6.82. The molecule has 88 valence electrons. The molecule has 1 nitrogen and oxygen atoms in total. The van der Waals surface area contributed by atoms with Crippen LogP contribution in [-0.2, 0) is 4.79 Å². The Morgan fingerprint density at radius 2 is 2.13 bits per heavy atom. The van der Waals surface area contributed by atoms with Crippen LogP contribution in [-0.4, -0.2) is 22.4 Å². The second-order valence-corrected chi connectivity index (χ2v) is 6.45. The van der Waals surface area contributed by atoms with E-state index in [0.717, 1.165) is 18.1 Å². The van der Waals surface area contributed by atoms with Gasteiger partial charge < -0.3 is 0 Å². The van der Waals surface area contributed by atoms with E-state index < -0.39 is 0 Å². The van der Waals surface area contributed by atoms with Crippen LogP contribution in [0.2, 0.25) is 0 Å². The third kappa shape index (κ3) is 4.81. The van der Waals surface area contributed by atoms with Crippen LogP contribution in [0.1, 0.15) is 45.4 Å². The first-order valence-electron chi connectivity index (χ1n) is 5.97. The lowest BCUT2D eigenvalue weighted by Crippen LogP contribution is -2.07. The molecule has 1 aliphatic rings. The second kappa shape index (κ2) is 7.61. The van der Waals surface area contributed by atoms with Crippen molar-refractivity contribution in [3.63, 3.8) is 0 Å². The van der Waals surface area contributed by atoms with Crippen LogP contribution >= 0.6 is 23.5 Å². The maximum atomic E-state index is 11.5. The fourth-order valence-corrected chi connectivity index (χ4v) is 4.00. The van der Waals surface area contributed by atoms with Crippen molar-refractivity contribution < 1.29 is 4.79 Å². The number of thioether (sulfide) groups is 2. The largest absolute Gasteiger partial charge is 0.287 e. The van der Waals surface area contributed by atoms with Crippen molar-refractivity contribution in [3.05, 3.63) is 0 Å². The van der Waals surface area contributed by atoms with E-state index in [0.29, 0.717) is 11.0 Å². The van der Waals surface area contributed by atoms with Crippen LogP contribution in [0.4, 0.5) is 0 Å². The van der Waals surface area contributed by atoms with E-state index in [-0.39, 0.29) is 0 Å². The molecule has 0 aromatic carbocycles. The van der Waals surface area contributed by atoms with Gasteiger partial charge in [-0.1, -0.05) is 31.5 Å². The lowest BCUT2D eigenvalue weighted by molar-refractivity contribution is -0.114. The smallest absolute Gasteiger partial charge is 0.191 e. The molecule has 3 heteroatoms. The third-order valence-corrected chi connectivity index (χ3v) is 5.18. The van der Waals surface area contributed by atoms with Crippen LogP contribution in [0.3, 0.4) is 0 Å². The van der Waals surface area contributed by atoms with Crippen LogP contribution in [0.5, 0.6) is 0 Å². The first-order chi connectivity index (χ1) is 7.27. The Balaban J connectivity index is 2.11. The van der Waals surface area contributed by atoms with Crippen molar-refractivity contribution in [2.45, 2.75) is 50.7 Å². The minimum atomic E-state index is 0.365. The van der Waals surface area contributed by atoms with Crippen molar-refractivity contribution in [3.8, 4) is 0 Å².